The van der Waals surface area contributed by atoms with Gasteiger partial charge in [0.25, 0.3) is 11.6 Å². The molecule has 2 aromatic carbocycles. The summed E-state index contributed by atoms with van der Waals surface area (Å²) < 4.78 is 1.26. The highest BCUT2D eigenvalue weighted by molar-refractivity contribution is 5.91. The van der Waals surface area contributed by atoms with E-state index >= 15 is 0 Å². The van der Waals surface area contributed by atoms with Crippen molar-refractivity contribution in [2.75, 3.05) is 7.05 Å². The van der Waals surface area contributed by atoms with Gasteiger partial charge in [-0.2, -0.15) is 5.10 Å². The van der Waals surface area contributed by atoms with Crippen molar-refractivity contribution in [2.45, 2.75) is 26.8 Å². The molecule has 0 saturated heterocycles. The highest BCUT2D eigenvalue weighted by Gasteiger charge is 2.22. The number of nitro benzene ring substituents is 1. The number of benzene rings is 2. The molecule has 0 aliphatic rings. The molecule has 0 aliphatic carbocycles. The van der Waals surface area contributed by atoms with Gasteiger partial charge in [-0.05, 0) is 30.5 Å². The molecule has 30 heavy (non-hydrogen) atoms. The van der Waals surface area contributed by atoms with Gasteiger partial charge in [-0.3, -0.25) is 19.7 Å². The van der Waals surface area contributed by atoms with Crippen molar-refractivity contribution in [3.05, 3.63) is 97.4 Å². The number of rotatable bonds is 6. The fourth-order valence-electron chi connectivity index (χ4n) is 3.14. The largest absolute Gasteiger partial charge is 0.336 e. The van der Waals surface area contributed by atoms with E-state index in [2.05, 4.69) is 12.0 Å². The van der Waals surface area contributed by atoms with Crippen LogP contribution in [0.15, 0.2) is 59.4 Å². The Hall–Kier alpha value is -3.81. The first-order chi connectivity index (χ1) is 14.3. The molecule has 0 bridgehead atoms. The second kappa shape index (κ2) is 8.69. The van der Waals surface area contributed by atoms with E-state index < -0.39 is 16.3 Å². The number of nitrogens with zero attached hydrogens (tertiary/aromatic N) is 4. The molecule has 0 unspecified atom stereocenters. The van der Waals surface area contributed by atoms with Crippen LogP contribution in [-0.2, 0) is 13.0 Å². The van der Waals surface area contributed by atoms with Crippen LogP contribution < -0.4 is 5.43 Å². The number of aromatic nitrogens is 2. The zero-order valence-corrected chi connectivity index (χ0v) is 17.0. The predicted octanol–water partition coefficient (Wildman–Crippen LogP) is 3.28. The van der Waals surface area contributed by atoms with E-state index in [1.807, 2.05) is 24.3 Å². The molecular weight excluding hydrogens is 384 g/mol. The quantitative estimate of drug-likeness (QED) is 0.462. The molecule has 0 fully saturated rings. The van der Waals surface area contributed by atoms with Crippen molar-refractivity contribution < 1.29 is 9.72 Å². The Kier molecular flexibility index (Phi) is 6.06. The molecule has 154 valence electrons. The molecule has 0 saturated carbocycles. The van der Waals surface area contributed by atoms with Crippen molar-refractivity contribution >= 4 is 11.6 Å². The summed E-state index contributed by atoms with van der Waals surface area (Å²) in [5.74, 6) is -0.549. The molecule has 3 aromatic rings. The molecule has 8 heteroatoms. The van der Waals surface area contributed by atoms with Crippen LogP contribution in [0, 0.1) is 17.0 Å². The number of carbonyl (C=O) groups excluding carboxylic acids is 1. The van der Waals surface area contributed by atoms with Crippen LogP contribution in [0.5, 0.6) is 0 Å². The van der Waals surface area contributed by atoms with Crippen LogP contribution in [0.25, 0.3) is 5.69 Å². The van der Waals surface area contributed by atoms with Crippen LogP contribution in [-0.4, -0.2) is 32.6 Å². The summed E-state index contributed by atoms with van der Waals surface area (Å²) in [6.45, 7) is 3.98. The van der Waals surface area contributed by atoms with Crippen molar-refractivity contribution in [1.82, 2.24) is 14.7 Å². The first-order valence-corrected chi connectivity index (χ1v) is 9.50. The van der Waals surface area contributed by atoms with Gasteiger partial charge in [0.2, 0.25) is 5.43 Å². The average molecular weight is 406 g/mol. The highest BCUT2D eigenvalue weighted by atomic mass is 16.6. The van der Waals surface area contributed by atoms with Gasteiger partial charge >= 0.3 is 0 Å². The average Bonchev–Trinajstić information content (AvgIpc) is 2.74. The Morgan fingerprint density at radius 2 is 1.77 bits per heavy atom. The molecular formula is C22H22N4O4. The Labute approximate surface area is 173 Å². The molecule has 0 radical (unpaired) electrons. The van der Waals surface area contributed by atoms with Gasteiger partial charge in [0.15, 0.2) is 5.69 Å². The third kappa shape index (κ3) is 4.27. The molecule has 3 rings (SSSR count). The minimum absolute atomic E-state index is 0.167. The maximum Gasteiger partial charge on any atom is 0.294 e. The monoisotopic (exact) mass is 406 g/mol. The second-order valence-corrected chi connectivity index (χ2v) is 6.99. The Morgan fingerprint density at radius 1 is 1.13 bits per heavy atom. The van der Waals surface area contributed by atoms with Crippen molar-refractivity contribution in [3.63, 3.8) is 0 Å². The summed E-state index contributed by atoms with van der Waals surface area (Å²) in [7, 11) is 1.59. The molecule has 0 atom stereocenters. The minimum atomic E-state index is -0.549. The van der Waals surface area contributed by atoms with Gasteiger partial charge in [0.05, 0.1) is 4.92 Å². The number of carbonyl (C=O) groups is 1. The van der Waals surface area contributed by atoms with Crippen molar-refractivity contribution in [1.29, 1.82) is 0 Å². The van der Waals surface area contributed by atoms with Crippen LogP contribution >= 0.6 is 0 Å². The Bertz CT molecular complexity index is 1150. The number of aryl methyl sites for hydroxylation is 2. The van der Waals surface area contributed by atoms with E-state index in [-0.39, 0.29) is 17.1 Å². The fraction of sp³-hybridized carbons (Fsp3) is 0.227. The van der Waals surface area contributed by atoms with Crippen LogP contribution in [0.3, 0.4) is 0 Å². The zero-order chi connectivity index (χ0) is 21.8. The van der Waals surface area contributed by atoms with Crippen LogP contribution in [0.2, 0.25) is 0 Å². The number of amides is 1. The van der Waals surface area contributed by atoms with Gasteiger partial charge in [0, 0.05) is 31.4 Å². The molecule has 1 aromatic heterocycles. The lowest BCUT2D eigenvalue weighted by atomic mass is 10.1. The van der Waals surface area contributed by atoms with Gasteiger partial charge in [-0.1, -0.05) is 43.3 Å². The van der Waals surface area contributed by atoms with Crippen LogP contribution in [0.1, 0.15) is 34.2 Å². The van der Waals surface area contributed by atoms with E-state index in [0.717, 1.165) is 12.0 Å². The number of nitro groups is 1. The van der Waals surface area contributed by atoms with E-state index in [0.29, 0.717) is 12.2 Å². The predicted molar refractivity (Wildman–Crippen MR) is 113 cm³/mol. The lowest BCUT2D eigenvalue weighted by Gasteiger charge is -2.18. The lowest BCUT2D eigenvalue weighted by molar-refractivity contribution is -0.384. The van der Waals surface area contributed by atoms with E-state index in [1.165, 1.54) is 33.3 Å². The highest BCUT2D eigenvalue weighted by Crippen LogP contribution is 2.22. The zero-order valence-electron chi connectivity index (χ0n) is 17.0. The normalized spacial score (nSPS) is 10.6. The van der Waals surface area contributed by atoms with Crippen molar-refractivity contribution in [3.8, 4) is 5.69 Å². The molecule has 0 aliphatic heterocycles. The van der Waals surface area contributed by atoms with E-state index in [9.17, 15) is 19.7 Å². The summed E-state index contributed by atoms with van der Waals surface area (Å²) in [6, 6.07) is 15.2. The van der Waals surface area contributed by atoms with E-state index in [4.69, 9.17) is 0 Å². The molecule has 0 N–H and O–H groups in total. The standard InChI is InChI=1S/C22H22N4O4/c1-4-16-9-11-17(12-10-16)14-24(3)22(28)21-20(27)13-15(2)25(23-21)18-7-5-6-8-19(18)26(29)30/h5-13H,4,14H2,1-3H3. The Morgan fingerprint density at radius 3 is 2.40 bits per heavy atom. The topological polar surface area (TPSA) is 98.3 Å². The van der Waals surface area contributed by atoms with Gasteiger partial charge < -0.3 is 4.90 Å². The molecule has 8 nitrogen and oxygen atoms in total. The summed E-state index contributed by atoms with van der Waals surface area (Å²) in [4.78, 5) is 37.6. The smallest absolute Gasteiger partial charge is 0.294 e. The summed E-state index contributed by atoms with van der Waals surface area (Å²) in [5.41, 5.74) is 1.72. The third-order valence-electron chi connectivity index (χ3n) is 4.81. The van der Waals surface area contributed by atoms with E-state index in [1.54, 1.807) is 26.1 Å². The number of hydrogen-bond acceptors (Lipinski definition) is 5. The van der Waals surface area contributed by atoms with Crippen LogP contribution in [0.4, 0.5) is 5.69 Å². The fourth-order valence-corrected chi connectivity index (χ4v) is 3.14. The Balaban J connectivity index is 1.96. The lowest BCUT2D eigenvalue weighted by Crippen LogP contribution is -2.33. The SMILES string of the molecule is CCc1ccc(CN(C)C(=O)c2nn(-c3ccccc3[N+](=O)[O-])c(C)cc2=O)cc1. The summed E-state index contributed by atoms with van der Waals surface area (Å²) in [5, 5.41) is 15.6. The second-order valence-electron chi connectivity index (χ2n) is 6.99. The molecule has 1 amide bonds. The first-order valence-electron chi connectivity index (χ1n) is 9.50. The minimum Gasteiger partial charge on any atom is -0.336 e. The number of hydrogen-bond donors (Lipinski definition) is 0. The maximum atomic E-state index is 12.9. The van der Waals surface area contributed by atoms with Gasteiger partial charge in [-0.15, -0.1) is 0 Å². The van der Waals surface area contributed by atoms with Crippen molar-refractivity contribution in [2.24, 2.45) is 0 Å². The first kappa shape index (κ1) is 20.9. The van der Waals surface area contributed by atoms with Gasteiger partial charge in [-0.25, -0.2) is 4.68 Å². The van der Waals surface area contributed by atoms with Gasteiger partial charge in [0.1, 0.15) is 5.69 Å². The molecule has 1 heterocycles. The summed E-state index contributed by atoms with van der Waals surface area (Å²) >= 11 is 0. The molecule has 0 spiro atoms. The third-order valence-corrected chi connectivity index (χ3v) is 4.81. The maximum absolute atomic E-state index is 12.9. The summed E-state index contributed by atoms with van der Waals surface area (Å²) in [6.07, 6.45) is 0.924. The number of para-hydroxylation sites is 2.